The van der Waals surface area contributed by atoms with Gasteiger partial charge in [-0.05, 0) is 43.5 Å². The van der Waals surface area contributed by atoms with Gasteiger partial charge in [0.2, 0.25) is 0 Å². The fourth-order valence-electron chi connectivity index (χ4n) is 1.60. The number of ether oxygens (including phenoxy) is 2. The van der Waals surface area contributed by atoms with Crippen LogP contribution in [-0.4, -0.2) is 19.8 Å². The summed E-state index contributed by atoms with van der Waals surface area (Å²) in [6.45, 7) is 4.27. The Hall–Kier alpha value is -1.66. The number of hydrogen-bond donors (Lipinski definition) is 1. The zero-order chi connectivity index (χ0) is 13.4. The third kappa shape index (κ3) is 4.31. The minimum atomic E-state index is 0.136. The van der Waals surface area contributed by atoms with E-state index in [2.05, 4.69) is 18.8 Å². The average Bonchev–Trinajstić information content (AvgIpc) is 2.40. The minimum absolute atomic E-state index is 0.136. The maximum Gasteiger partial charge on any atom is 0.149 e. The van der Waals surface area contributed by atoms with Gasteiger partial charge in [0.15, 0.2) is 0 Å². The number of benzene rings is 1. The van der Waals surface area contributed by atoms with Gasteiger partial charge in [-0.1, -0.05) is 12.8 Å². The van der Waals surface area contributed by atoms with Crippen molar-refractivity contribution in [1.82, 2.24) is 0 Å². The van der Waals surface area contributed by atoms with Crippen molar-refractivity contribution in [2.45, 2.75) is 32.7 Å². The highest BCUT2D eigenvalue weighted by molar-refractivity contribution is 5.41. The van der Waals surface area contributed by atoms with E-state index in [0.29, 0.717) is 6.61 Å². The van der Waals surface area contributed by atoms with E-state index in [1.54, 1.807) is 14.0 Å². The first-order valence-electron chi connectivity index (χ1n) is 6.16. The van der Waals surface area contributed by atoms with Gasteiger partial charge in [0, 0.05) is 6.04 Å². The van der Waals surface area contributed by atoms with E-state index in [-0.39, 0.29) is 6.04 Å². The molecule has 0 saturated carbocycles. The monoisotopic (exact) mass is 247 g/mol. The molecule has 0 aliphatic carbocycles. The fraction of sp³-hybridized carbons (Fsp3) is 0.467. The quantitative estimate of drug-likeness (QED) is 0.785. The molecule has 0 aliphatic heterocycles. The van der Waals surface area contributed by atoms with E-state index in [1.165, 1.54) is 0 Å². The summed E-state index contributed by atoms with van der Waals surface area (Å²) in [6.07, 6.45) is 1.72. The minimum Gasteiger partial charge on any atom is -0.497 e. The van der Waals surface area contributed by atoms with E-state index in [1.807, 2.05) is 18.2 Å². The van der Waals surface area contributed by atoms with E-state index in [0.717, 1.165) is 29.9 Å². The molecule has 0 amide bonds. The van der Waals surface area contributed by atoms with E-state index >= 15 is 0 Å². The van der Waals surface area contributed by atoms with Gasteiger partial charge in [0.05, 0.1) is 7.11 Å². The van der Waals surface area contributed by atoms with E-state index in [4.69, 9.17) is 15.2 Å². The van der Waals surface area contributed by atoms with Crippen molar-refractivity contribution in [3.05, 3.63) is 23.8 Å². The van der Waals surface area contributed by atoms with Crippen LogP contribution in [0.2, 0.25) is 0 Å². The molecule has 1 aromatic rings. The van der Waals surface area contributed by atoms with Crippen molar-refractivity contribution in [2.24, 2.45) is 5.73 Å². The molecule has 0 aromatic heterocycles. The van der Waals surface area contributed by atoms with Gasteiger partial charge in [-0.15, -0.1) is 5.92 Å². The molecule has 0 fully saturated rings. The van der Waals surface area contributed by atoms with E-state index < -0.39 is 0 Å². The van der Waals surface area contributed by atoms with Crippen LogP contribution in [0.3, 0.4) is 0 Å². The maximum absolute atomic E-state index is 6.00. The number of methoxy groups -OCH3 is 1. The van der Waals surface area contributed by atoms with Crippen LogP contribution in [0.4, 0.5) is 0 Å². The second kappa shape index (κ2) is 7.62. The first-order chi connectivity index (χ1) is 8.71. The molecule has 0 spiro atoms. The van der Waals surface area contributed by atoms with Crippen molar-refractivity contribution in [2.75, 3.05) is 13.7 Å². The van der Waals surface area contributed by atoms with Gasteiger partial charge < -0.3 is 15.2 Å². The zero-order valence-electron chi connectivity index (χ0n) is 11.3. The first kappa shape index (κ1) is 14.4. The van der Waals surface area contributed by atoms with Gasteiger partial charge in [-0.3, -0.25) is 0 Å². The predicted octanol–water partition coefficient (Wildman–Crippen LogP) is 2.38. The van der Waals surface area contributed by atoms with Crippen LogP contribution in [-0.2, 0) is 6.42 Å². The van der Waals surface area contributed by atoms with Gasteiger partial charge in [-0.2, -0.15) is 0 Å². The Morgan fingerprint density at radius 2 is 2.17 bits per heavy atom. The summed E-state index contributed by atoms with van der Waals surface area (Å²) < 4.78 is 10.9. The highest BCUT2D eigenvalue weighted by Gasteiger charge is 2.09. The second-order valence-electron chi connectivity index (χ2n) is 4.06. The van der Waals surface area contributed by atoms with Crippen LogP contribution < -0.4 is 15.2 Å². The number of hydrogen-bond acceptors (Lipinski definition) is 3. The molecule has 1 atom stereocenters. The van der Waals surface area contributed by atoms with Gasteiger partial charge in [-0.25, -0.2) is 0 Å². The van der Waals surface area contributed by atoms with Crippen LogP contribution >= 0.6 is 0 Å². The van der Waals surface area contributed by atoms with Gasteiger partial charge in [0.1, 0.15) is 18.1 Å². The maximum atomic E-state index is 6.00. The molecule has 3 heteroatoms. The molecule has 1 unspecified atom stereocenters. The lowest BCUT2D eigenvalue weighted by atomic mass is 10.0. The Morgan fingerprint density at radius 3 is 2.78 bits per heavy atom. The second-order valence-corrected chi connectivity index (χ2v) is 4.06. The lowest BCUT2D eigenvalue weighted by Crippen LogP contribution is -2.21. The van der Waals surface area contributed by atoms with Gasteiger partial charge >= 0.3 is 0 Å². The molecule has 1 rings (SSSR count). The topological polar surface area (TPSA) is 44.5 Å². The summed E-state index contributed by atoms with van der Waals surface area (Å²) in [5.41, 5.74) is 7.07. The summed E-state index contributed by atoms with van der Waals surface area (Å²) in [5, 5.41) is 0. The van der Waals surface area contributed by atoms with Crippen molar-refractivity contribution in [3.63, 3.8) is 0 Å². The normalized spacial score (nSPS) is 11.3. The fourth-order valence-corrected chi connectivity index (χ4v) is 1.60. The summed E-state index contributed by atoms with van der Waals surface area (Å²) in [6, 6.07) is 5.91. The highest BCUT2D eigenvalue weighted by atomic mass is 16.5. The number of rotatable bonds is 6. The lowest BCUT2D eigenvalue weighted by Gasteiger charge is -2.14. The molecular formula is C15H21NO2. The van der Waals surface area contributed by atoms with Crippen molar-refractivity contribution < 1.29 is 9.47 Å². The summed E-state index contributed by atoms with van der Waals surface area (Å²) in [5.74, 6) is 7.35. The van der Waals surface area contributed by atoms with Crippen LogP contribution in [0, 0.1) is 11.8 Å². The summed E-state index contributed by atoms with van der Waals surface area (Å²) in [7, 11) is 1.65. The van der Waals surface area contributed by atoms with Crippen LogP contribution in [0.5, 0.6) is 11.5 Å². The smallest absolute Gasteiger partial charge is 0.149 e. The molecule has 0 saturated heterocycles. The molecular weight excluding hydrogens is 226 g/mol. The zero-order valence-corrected chi connectivity index (χ0v) is 11.3. The Balaban J connectivity index is 2.87. The Morgan fingerprint density at radius 1 is 1.39 bits per heavy atom. The summed E-state index contributed by atoms with van der Waals surface area (Å²) >= 11 is 0. The standard InChI is InChI=1S/C15H21NO2/c1-4-6-9-18-15-8-7-14(17-3)11-12(15)10-13(16)5-2/h7-8,11,13H,5,9-10,16H2,1-3H3. The molecule has 2 N–H and O–H groups in total. The van der Waals surface area contributed by atoms with Crippen molar-refractivity contribution in [3.8, 4) is 23.3 Å². The highest BCUT2D eigenvalue weighted by Crippen LogP contribution is 2.25. The third-order valence-electron chi connectivity index (χ3n) is 2.75. The molecule has 0 heterocycles. The van der Waals surface area contributed by atoms with E-state index in [9.17, 15) is 0 Å². The Labute approximate surface area is 109 Å². The molecule has 0 radical (unpaired) electrons. The SMILES string of the molecule is CC#CCOc1ccc(OC)cc1CC(N)CC. The average molecular weight is 247 g/mol. The molecule has 1 aromatic carbocycles. The van der Waals surface area contributed by atoms with Crippen LogP contribution in [0.1, 0.15) is 25.8 Å². The molecule has 0 bridgehead atoms. The first-order valence-corrected chi connectivity index (χ1v) is 6.16. The number of nitrogens with two attached hydrogens (primary N) is 1. The lowest BCUT2D eigenvalue weighted by molar-refractivity contribution is 0.361. The Bertz CT molecular complexity index is 432. The summed E-state index contributed by atoms with van der Waals surface area (Å²) in [4.78, 5) is 0. The molecule has 3 nitrogen and oxygen atoms in total. The largest absolute Gasteiger partial charge is 0.497 e. The molecule has 98 valence electrons. The van der Waals surface area contributed by atoms with Gasteiger partial charge in [0.25, 0.3) is 0 Å². The predicted molar refractivity (Wildman–Crippen MR) is 73.9 cm³/mol. The van der Waals surface area contributed by atoms with Crippen molar-refractivity contribution in [1.29, 1.82) is 0 Å². The third-order valence-corrected chi connectivity index (χ3v) is 2.75. The van der Waals surface area contributed by atoms with Crippen LogP contribution in [0.25, 0.3) is 0 Å². The van der Waals surface area contributed by atoms with Crippen LogP contribution in [0.15, 0.2) is 18.2 Å². The molecule has 0 aliphatic rings. The van der Waals surface area contributed by atoms with Crippen molar-refractivity contribution >= 4 is 0 Å². The molecule has 18 heavy (non-hydrogen) atoms. The Kier molecular flexibility index (Phi) is 6.10.